The van der Waals surface area contributed by atoms with Crippen molar-refractivity contribution >= 4 is 17.3 Å². The van der Waals surface area contributed by atoms with Crippen LogP contribution in [-0.4, -0.2) is 13.6 Å². The van der Waals surface area contributed by atoms with Crippen molar-refractivity contribution in [3.05, 3.63) is 28.8 Å². The lowest BCUT2D eigenvalue weighted by Crippen LogP contribution is -2.19. The predicted molar refractivity (Wildman–Crippen MR) is 64.3 cm³/mol. The fourth-order valence-corrected chi connectivity index (χ4v) is 1.82. The van der Waals surface area contributed by atoms with E-state index in [4.69, 9.17) is 16.9 Å². The van der Waals surface area contributed by atoms with E-state index in [2.05, 4.69) is 13.0 Å². The van der Waals surface area contributed by atoms with E-state index in [1.54, 1.807) is 12.1 Å². The third-order valence-electron chi connectivity index (χ3n) is 2.34. The number of hydrogen-bond acceptors (Lipinski definition) is 2. The summed E-state index contributed by atoms with van der Waals surface area (Å²) in [7, 11) is 1.97. The van der Waals surface area contributed by atoms with Gasteiger partial charge in [-0.2, -0.15) is 5.26 Å². The molecule has 0 spiro atoms. The maximum absolute atomic E-state index is 8.98. The van der Waals surface area contributed by atoms with E-state index < -0.39 is 0 Å². The number of hydrogen-bond donors (Lipinski definition) is 0. The summed E-state index contributed by atoms with van der Waals surface area (Å²) in [5.74, 6) is 0. The van der Waals surface area contributed by atoms with Crippen LogP contribution in [-0.2, 0) is 0 Å². The van der Waals surface area contributed by atoms with Crippen molar-refractivity contribution in [2.75, 3.05) is 18.5 Å². The van der Waals surface area contributed by atoms with Crippen LogP contribution in [0.4, 0.5) is 5.69 Å². The second kappa shape index (κ2) is 5.63. The van der Waals surface area contributed by atoms with E-state index >= 15 is 0 Å². The van der Waals surface area contributed by atoms with Gasteiger partial charge in [-0.05, 0) is 18.6 Å². The van der Waals surface area contributed by atoms with Crippen LogP contribution < -0.4 is 4.90 Å². The molecule has 1 rings (SSSR count). The van der Waals surface area contributed by atoms with Crippen molar-refractivity contribution in [2.45, 2.75) is 19.8 Å². The summed E-state index contributed by atoms with van der Waals surface area (Å²) >= 11 is 6.09. The first kappa shape index (κ1) is 11.9. The molecular formula is C12H15ClN2. The van der Waals surface area contributed by atoms with E-state index in [0.717, 1.165) is 25.1 Å². The van der Waals surface area contributed by atoms with Gasteiger partial charge in [0.05, 0.1) is 16.3 Å². The highest BCUT2D eigenvalue weighted by molar-refractivity contribution is 6.33. The summed E-state index contributed by atoms with van der Waals surface area (Å²) in [5.41, 5.74) is 1.48. The minimum absolute atomic E-state index is 0.640. The molecule has 1 aromatic carbocycles. The summed E-state index contributed by atoms with van der Waals surface area (Å²) in [6.45, 7) is 3.07. The number of para-hydroxylation sites is 1. The van der Waals surface area contributed by atoms with Gasteiger partial charge in [-0.1, -0.05) is 31.0 Å². The Morgan fingerprint density at radius 2 is 2.20 bits per heavy atom. The molecule has 0 saturated carbocycles. The number of halogens is 1. The van der Waals surface area contributed by atoms with Gasteiger partial charge in [0.1, 0.15) is 6.07 Å². The number of rotatable bonds is 4. The Labute approximate surface area is 96.1 Å². The van der Waals surface area contributed by atoms with Gasteiger partial charge < -0.3 is 4.90 Å². The lowest BCUT2D eigenvalue weighted by Gasteiger charge is -2.21. The molecule has 0 aliphatic rings. The minimum atomic E-state index is 0.640. The summed E-state index contributed by atoms with van der Waals surface area (Å²) in [5, 5.41) is 9.63. The molecule has 1 aromatic rings. The molecule has 0 aliphatic carbocycles. The zero-order valence-corrected chi connectivity index (χ0v) is 9.88. The smallest absolute Gasteiger partial charge is 0.101 e. The van der Waals surface area contributed by atoms with Gasteiger partial charge in [0.25, 0.3) is 0 Å². The van der Waals surface area contributed by atoms with E-state index in [0.29, 0.717) is 10.6 Å². The molecule has 0 aliphatic heterocycles. The minimum Gasteiger partial charge on any atom is -0.372 e. The molecular weight excluding hydrogens is 208 g/mol. The first-order valence-corrected chi connectivity index (χ1v) is 5.48. The Hall–Kier alpha value is -1.20. The molecule has 0 radical (unpaired) electrons. The number of benzene rings is 1. The summed E-state index contributed by atoms with van der Waals surface area (Å²) in [6.07, 6.45) is 2.24. The monoisotopic (exact) mass is 222 g/mol. The third kappa shape index (κ3) is 2.87. The van der Waals surface area contributed by atoms with E-state index in [1.807, 2.05) is 18.0 Å². The van der Waals surface area contributed by atoms with E-state index in [-0.39, 0.29) is 0 Å². The van der Waals surface area contributed by atoms with Crippen LogP contribution in [0.25, 0.3) is 0 Å². The molecule has 15 heavy (non-hydrogen) atoms. The molecule has 0 atom stereocenters. The molecule has 0 aromatic heterocycles. The number of unbranched alkanes of at least 4 members (excludes halogenated alkanes) is 1. The van der Waals surface area contributed by atoms with Gasteiger partial charge in [-0.25, -0.2) is 0 Å². The Kier molecular flexibility index (Phi) is 4.45. The highest BCUT2D eigenvalue weighted by Gasteiger charge is 2.10. The SMILES string of the molecule is CCCCN(C)c1c(Cl)cccc1C#N. The van der Waals surface area contributed by atoms with Crippen molar-refractivity contribution < 1.29 is 0 Å². The average Bonchev–Trinajstić information content (AvgIpc) is 2.25. The molecule has 0 fully saturated rings. The zero-order chi connectivity index (χ0) is 11.3. The molecule has 3 heteroatoms. The average molecular weight is 223 g/mol. The van der Waals surface area contributed by atoms with Crippen molar-refractivity contribution in [1.82, 2.24) is 0 Å². The third-order valence-corrected chi connectivity index (χ3v) is 2.64. The van der Waals surface area contributed by atoms with Crippen molar-refractivity contribution in [3.8, 4) is 6.07 Å². The molecule has 0 N–H and O–H groups in total. The van der Waals surface area contributed by atoms with Gasteiger partial charge in [0, 0.05) is 13.6 Å². The van der Waals surface area contributed by atoms with Gasteiger partial charge in [0.2, 0.25) is 0 Å². The van der Waals surface area contributed by atoms with Crippen LogP contribution in [0.5, 0.6) is 0 Å². The van der Waals surface area contributed by atoms with Crippen molar-refractivity contribution in [3.63, 3.8) is 0 Å². The molecule has 0 heterocycles. The normalized spacial score (nSPS) is 9.73. The van der Waals surface area contributed by atoms with E-state index in [9.17, 15) is 0 Å². The number of nitrogens with zero attached hydrogens (tertiary/aromatic N) is 2. The maximum Gasteiger partial charge on any atom is 0.101 e. The standard InChI is InChI=1S/C12H15ClN2/c1-3-4-8-15(2)12-10(9-14)6-5-7-11(12)13/h5-7H,3-4,8H2,1-2H3. The highest BCUT2D eigenvalue weighted by atomic mass is 35.5. The van der Waals surface area contributed by atoms with Crippen LogP contribution in [0.15, 0.2) is 18.2 Å². The number of anilines is 1. The lowest BCUT2D eigenvalue weighted by molar-refractivity contribution is 0.766. The highest BCUT2D eigenvalue weighted by Crippen LogP contribution is 2.28. The second-order valence-electron chi connectivity index (χ2n) is 3.52. The lowest BCUT2D eigenvalue weighted by atomic mass is 10.1. The van der Waals surface area contributed by atoms with Crippen molar-refractivity contribution in [2.24, 2.45) is 0 Å². The molecule has 0 amide bonds. The van der Waals surface area contributed by atoms with Crippen LogP contribution in [0.2, 0.25) is 5.02 Å². The molecule has 80 valence electrons. The Morgan fingerprint density at radius 1 is 1.47 bits per heavy atom. The fourth-order valence-electron chi connectivity index (χ4n) is 1.50. The Balaban J connectivity index is 2.96. The Bertz CT molecular complexity index is 368. The fraction of sp³-hybridized carbons (Fsp3) is 0.417. The molecule has 0 unspecified atom stereocenters. The molecule has 0 saturated heterocycles. The van der Waals surface area contributed by atoms with Crippen LogP contribution in [0.1, 0.15) is 25.3 Å². The number of nitriles is 1. The second-order valence-corrected chi connectivity index (χ2v) is 3.93. The van der Waals surface area contributed by atoms with Crippen LogP contribution in [0.3, 0.4) is 0 Å². The molecule has 0 bridgehead atoms. The van der Waals surface area contributed by atoms with Crippen LogP contribution >= 0.6 is 11.6 Å². The van der Waals surface area contributed by atoms with Crippen LogP contribution in [0, 0.1) is 11.3 Å². The van der Waals surface area contributed by atoms with Gasteiger partial charge >= 0.3 is 0 Å². The first-order chi connectivity index (χ1) is 7.20. The Morgan fingerprint density at radius 3 is 2.80 bits per heavy atom. The summed E-state index contributed by atoms with van der Waals surface area (Å²) in [4.78, 5) is 2.05. The van der Waals surface area contributed by atoms with Gasteiger partial charge in [-0.15, -0.1) is 0 Å². The quantitative estimate of drug-likeness (QED) is 0.780. The van der Waals surface area contributed by atoms with E-state index in [1.165, 1.54) is 0 Å². The zero-order valence-electron chi connectivity index (χ0n) is 9.13. The predicted octanol–water partition coefficient (Wildman–Crippen LogP) is 3.45. The van der Waals surface area contributed by atoms with Gasteiger partial charge in [-0.3, -0.25) is 0 Å². The maximum atomic E-state index is 8.98. The summed E-state index contributed by atoms with van der Waals surface area (Å²) < 4.78 is 0. The first-order valence-electron chi connectivity index (χ1n) is 5.10. The van der Waals surface area contributed by atoms with Gasteiger partial charge in [0.15, 0.2) is 0 Å². The summed E-state index contributed by atoms with van der Waals surface area (Å²) in [6, 6.07) is 7.59. The van der Waals surface area contributed by atoms with Crippen molar-refractivity contribution in [1.29, 1.82) is 5.26 Å². The largest absolute Gasteiger partial charge is 0.372 e. The topological polar surface area (TPSA) is 27.0 Å². The molecule has 2 nitrogen and oxygen atoms in total.